The molecule has 0 aromatic heterocycles. The molecule has 0 saturated carbocycles. The number of aliphatic hydroxyl groups excluding tert-OH is 2. The summed E-state index contributed by atoms with van der Waals surface area (Å²) in [7, 11) is 1.55. The average molecular weight is 283 g/mol. The Bertz CT molecular complexity index is 367. The fourth-order valence-electron chi connectivity index (χ4n) is 1.66. The zero-order chi connectivity index (χ0) is 15.0. The number of methoxy groups -OCH3 is 1. The van der Waals surface area contributed by atoms with Crippen molar-refractivity contribution in [1.82, 2.24) is 5.32 Å². The van der Waals surface area contributed by atoms with Crippen LogP contribution in [0, 0.1) is 0 Å². The number of aliphatic hydroxyl groups is 2. The third kappa shape index (κ3) is 6.34. The Balaban J connectivity index is 2.37. The molecule has 0 spiro atoms. The Morgan fingerprint density at radius 2 is 1.75 bits per heavy atom. The molecule has 0 aliphatic heterocycles. The van der Waals surface area contributed by atoms with Crippen molar-refractivity contribution in [2.45, 2.75) is 32.1 Å². The Kier molecular flexibility index (Phi) is 7.54. The van der Waals surface area contributed by atoms with Gasteiger partial charge in [-0.2, -0.15) is 0 Å². The van der Waals surface area contributed by atoms with Crippen molar-refractivity contribution in [2.24, 2.45) is 0 Å². The van der Waals surface area contributed by atoms with Crippen LogP contribution in [0.3, 0.4) is 0 Å². The molecule has 0 aliphatic rings. The van der Waals surface area contributed by atoms with Crippen molar-refractivity contribution < 1.29 is 19.7 Å². The first kappa shape index (κ1) is 16.9. The second kappa shape index (κ2) is 8.92. The van der Waals surface area contributed by atoms with Crippen LogP contribution in [0.1, 0.15) is 25.5 Å². The van der Waals surface area contributed by atoms with E-state index in [0.717, 1.165) is 5.56 Å². The number of hydrogen-bond acceptors (Lipinski definition) is 5. The van der Waals surface area contributed by atoms with Gasteiger partial charge in [-0.15, -0.1) is 0 Å². The minimum atomic E-state index is -0.630. The summed E-state index contributed by atoms with van der Waals surface area (Å²) in [5.41, 5.74) is 0.779. The molecule has 5 heteroatoms. The summed E-state index contributed by atoms with van der Waals surface area (Å²) in [5.74, 6) is 0.668. The van der Waals surface area contributed by atoms with Gasteiger partial charge >= 0.3 is 0 Å². The molecule has 0 heterocycles. The molecule has 0 saturated heterocycles. The van der Waals surface area contributed by atoms with Crippen LogP contribution < -0.4 is 10.1 Å². The quantitative estimate of drug-likeness (QED) is 0.633. The van der Waals surface area contributed by atoms with Gasteiger partial charge in [0.25, 0.3) is 0 Å². The van der Waals surface area contributed by atoms with E-state index in [2.05, 4.69) is 5.32 Å². The molecule has 0 unspecified atom stereocenters. The molecule has 0 radical (unpaired) electrons. The number of hydrogen-bond donors (Lipinski definition) is 3. The van der Waals surface area contributed by atoms with Gasteiger partial charge in [0, 0.05) is 19.7 Å². The lowest BCUT2D eigenvalue weighted by Gasteiger charge is -2.15. The third-order valence-electron chi connectivity index (χ3n) is 2.79. The van der Waals surface area contributed by atoms with Crippen molar-refractivity contribution in [1.29, 1.82) is 0 Å². The molecule has 114 valence electrons. The normalized spacial score (nSPS) is 14.3. The lowest BCUT2D eigenvalue weighted by Crippen LogP contribution is -2.35. The van der Waals surface area contributed by atoms with Crippen LogP contribution in [-0.4, -0.2) is 49.2 Å². The molecule has 0 fully saturated rings. The van der Waals surface area contributed by atoms with Crippen LogP contribution in [0.2, 0.25) is 0 Å². The monoisotopic (exact) mass is 283 g/mol. The number of rotatable bonds is 9. The molecular weight excluding hydrogens is 258 g/mol. The molecule has 1 aromatic rings. The number of ether oxygens (including phenoxy) is 2. The number of nitrogens with one attached hydrogen (secondary N) is 1. The predicted octanol–water partition coefficient (Wildman–Crippen LogP) is 1.10. The van der Waals surface area contributed by atoms with E-state index in [0.29, 0.717) is 18.3 Å². The highest BCUT2D eigenvalue weighted by molar-refractivity contribution is 5.28. The van der Waals surface area contributed by atoms with Crippen LogP contribution in [0.15, 0.2) is 24.3 Å². The summed E-state index contributed by atoms with van der Waals surface area (Å²) in [6.45, 7) is 5.05. The van der Waals surface area contributed by atoms with Crippen molar-refractivity contribution in [3.8, 4) is 5.75 Å². The highest BCUT2D eigenvalue weighted by Crippen LogP contribution is 2.18. The summed E-state index contributed by atoms with van der Waals surface area (Å²) < 4.78 is 10.4. The van der Waals surface area contributed by atoms with Gasteiger partial charge in [-0.3, -0.25) is 0 Å². The second-order valence-electron chi connectivity index (χ2n) is 5.07. The zero-order valence-electron chi connectivity index (χ0n) is 12.4. The average Bonchev–Trinajstić information content (AvgIpc) is 2.43. The molecule has 1 aromatic carbocycles. The summed E-state index contributed by atoms with van der Waals surface area (Å²) in [4.78, 5) is 0. The standard InChI is InChI=1S/C15H25NO4/c1-11(2)16-8-13(17)9-20-14-6-4-12(5-7-14)15(18)10-19-3/h4-7,11,13,15-18H,8-10H2,1-3H3/t13-,15+/m0/s1. The van der Waals surface area contributed by atoms with E-state index in [1.807, 2.05) is 13.8 Å². The molecule has 1 rings (SSSR count). The van der Waals surface area contributed by atoms with Gasteiger partial charge in [0.15, 0.2) is 0 Å². The fraction of sp³-hybridized carbons (Fsp3) is 0.600. The molecule has 5 nitrogen and oxygen atoms in total. The lowest BCUT2D eigenvalue weighted by molar-refractivity contribution is 0.0643. The van der Waals surface area contributed by atoms with E-state index in [4.69, 9.17) is 9.47 Å². The van der Waals surface area contributed by atoms with E-state index < -0.39 is 12.2 Å². The van der Waals surface area contributed by atoms with Gasteiger partial charge < -0.3 is 25.0 Å². The van der Waals surface area contributed by atoms with Gasteiger partial charge in [-0.25, -0.2) is 0 Å². The van der Waals surface area contributed by atoms with Gasteiger partial charge in [0.2, 0.25) is 0 Å². The summed E-state index contributed by atoms with van der Waals surface area (Å²) >= 11 is 0. The van der Waals surface area contributed by atoms with E-state index >= 15 is 0 Å². The molecule has 0 aliphatic carbocycles. The maximum absolute atomic E-state index is 9.74. The molecule has 20 heavy (non-hydrogen) atoms. The largest absolute Gasteiger partial charge is 0.491 e. The van der Waals surface area contributed by atoms with Crippen LogP contribution in [0.4, 0.5) is 0 Å². The molecule has 0 amide bonds. The first-order chi connectivity index (χ1) is 9.52. The van der Waals surface area contributed by atoms with Crippen molar-refractivity contribution in [3.63, 3.8) is 0 Å². The fourth-order valence-corrected chi connectivity index (χ4v) is 1.66. The highest BCUT2D eigenvalue weighted by Gasteiger charge is 2.08. The van der Waals surface area contributed by atoms with E-state index in [1.54, 1.807) is 31.4 Å². The summed E-state index contributed by atoms with van der Waals surface area (Å²) in [5, 5.41) is 22.6. The molecule has 3 N–H and O–H groups in total. The summed E-state index contributed by atoms with van der Waals surface area (Å²) in [6.07, 6.45) is -1.17. The van der Waals surface area contributed by atoms with Gasteiger partial charge in [0.1, 0.15) is 24.6 Å². The maximum Gasteiger partial charge on any atom is 0.119 e. The Morgan fingerprint density at radius 1 is 1.10 bits per heavy atom. The number of benzene rings is 1. The van der Waals surface area contributed by atoms with Crippen molar-refractivity contribution >= 4 is 0 Å². The van der Waals surface area contributed by atoms with E-state index in [1.165, 1.54) is 0 Å². The van der Waals surface area contributed by atoms with Crippen molar-refractivity contribution in [3.05, 3.63) is 29.8 Å². The van der Waals surface area contributed by atoms with Crippen LogP contribution in [-0.2, 0) is 4.74 Å². The van der Waals surface area contributed by atoms with Gasteiger partial charge in [0.05, 0.1) is 6.61 Å². The summed E-state index contributed by atoms with van der Waals surface area (Å²) in [6, 6.07) is 7.47. The van der Waals surface area contributed by atoms with E-state index in [9.17, 15) is 10.2 Å². The van der Waals surface area contributed by atoms with Gasteiger partial charge in [-0.1, -0.05) is 26.0 Å². The Morgan fingerprint density at radius 3 is 2.30 bits per heavy atom. The minimum absolute atomic E-state index is 0.236. The smallest absolute Gasteiger partial charge is 0.119 e. The molecular formula is C15H25NO4. The minimum Gasteiger partial charge on any atom is -0.491 e. The maximum atomic E-state index is 9.74. The Labute approximate surface area is 120 Å². The predicted molar refractivity (Wildman–Crippen MR) is 77.9 cm³/mol. The highest BCUT2D eigenvalue weighted by atomic mass is 16.5. The molecule has 0 bridgehead atoms. The second-order valence-corrected chi connectivity index (χ2v) is 5.07. The third-order valence-corrected chi connectivity index (χ3v) is 2.79. The van der Waals surface area contributed by atoms with Gasteiger partial charge in [-0.05, 0) is 17.7 Å². The topological polar surface area (TPSA) is 71.0 Å². The van der Waals surface area contributed by atoms with E-state index in [-0.39, 0.29) is 13.2 Å². The Hall–Kier alpha value is -1.14. The zero-order valence-corrected chi connectivity index (χ0v) is 12.4. The first-order valence-electron chi connectivity index (χ1n) is 6.84. The van der Waals surface area contributed by atoms with Crippen LogP contribution in [0.5, 0.6) is 5.75 Å². The van der Waals surface area contributed by atoms with Crippen molar-refractivity contribution in [2.75, 3.05) is 26.9 Å². The van der Waals surface area contributed by atoms with Crippen LogP contribution >= 0.6 is 0 Å². The molecule has 2 atom stereocenters. The van der Waals surface area contributed by atoms with Crippen LogP contribution in [0.25, 0.3) is 0 Å². The SMILES string of the molecule is COC[C@@H](O)c1ccc(OC[C@@H](O)CNC(C)C)cc1. The first-order valence-corrected chi connectivity index (χ1v) is 6.84. The lowest BCUT2D eigenvalue weighted by atomic mass is 10.1.